The van der Waals surface area contributed by atoms with Gasteiger partial charge in [-0.15, -0.1) is 12.4 Å². The summed E-state index contributed by atoms with van der Waals surface area (Å²) in [6.07, 6.45) is 5.87. The molecule has 6 nitrogen and oxygen atoms in total. The highest BCUT2D eigenvalue weighted by molar-refractivity contribution is 5.85. The van der Waals surface area contributed by atoms with E-state index < -0.39 is 0 Å². The van der Waals surface area contributed by atoms with Crippen molar-refractivity contribution >= 4 is 12.4 Å². The molecular weight excluding hydrogens is 438 g/mol. The monoisotopic (exact) mass is 475 g/mol. The Labute approximate surface area is 204 Å². The first kappa shape index (κ1) is 24.5. The van der Waals surface area contributed by atoms with Gasteiger partial charge in [0, 0.05) is 49.8 Å². The van der Waals surface area contributed by atoms with Gasteiger partial charge in [0.2, 0.25) is 0 Å². The third-order valence-corrected chi connectivity index (χ3v) is 7.45. The Morgan fingerprint density at radius 3 is 2.76 bits per heavy atom. The summed E-state index contributed by atoms with van der Waals surface area (Å²) in [6.45, 7) is 10.1. The number of nitrogens with zero attached hydrogens (tertiary/aromatic N) is 3. The molecule has 182 valence electrons. The molecule has 0 radical (unpaired) electrons. The van der Waals surface area contributed by atoms with Crippen molar-refractivity contribution in [1.82, 2.24) is 15.0 Å². The lowest BCUT2D eigenvalue weighted by Crippen LogP contribution is -2.36. The summed E-state index contributed by atoms with van der Waals surface area (Å²) < 4.78 is 17.1. The van der Waals surface area contributed by atoms with Crippen LogP contribution in [0.5, 0.6) is 5.75 Å². The number of ether oxygens (including phenoxy) is 2. The second-order valence-electron chi connectivity index (χ2n) is 9.93. The summed E-state index contributed by atoms with van der Waals surface area (Å²) >= 11 is 0. The molecule has 0 N–H and O–H groups in total. The molecule has 3 heterocycles. The zero-order valence-corrected chi connectivity index (χ0v) is 20.9. The number of aryl methyl sites for hydroxylation is 1. The first-order valence-electron chi connectivity index (χ1n) is 12.3. The van der Waals surface area contributed by atoms with Gasteiger partial charge in [-0.05, 0) is 62.3 Å². The molecule has 7 heteroatoms. The summed E-state index contributed by atoms with van der Waals surface area (Å²) in [5.41, 5.74) is 5.28. The van der Waals surface area contributed by atoms with Crippen LogP contribution in [0.1, 0.15) is 60.2 Å². The average molecular weight is 476 g/mol. The standard InChI is InChI=1S/C26H37N3O3.ClH/c1-19-5-7-24-23(14-19)26(32-27-24)21-4-3-9-29(17-21)16-20-6-8-25(30-2)22(15-20)18-28-10-12-31-13-11-28;/h6,8,15,19,21H,3-5,7,9-14,16-18H2,1-2H3;1H. The predicted molar refractivity (Wildman–Crippen MR) is 131 cm³/mol. The Kier molecular flexibility index (Phi) is 8.34. The van der Waals surface area contributed by atoms with Crippen LogP contribution < -0.4 is 4.74 Å². The second-order valence-corrected chi connectivity index (χ2v) is 9.93. The number of piperidine rings is 1. The van der Waals surface area contributed by atoms with E-state index in [1.54, 1.807) is 7.11 Å². The van der Waals surface area contributed by atoms with Crippen LogP contribution in [0.4, 0.5) is 0 Å². The molecule has 2 aromatic rings. The fourth-order valence-corrected chi connectivity index (χ4v) is 5.65. The third kappa shape index (κ3) is 5.73. The molecule has 1 aromatic heterocycles. The topological polar surface area (TPSA) is 51.0 Å². The lowest BCUT2D eigenvalue weighted by molar-refractivity contribution is 0.0338. The Bertz CT molecular complexity index is 912. The molecule has 2 saturated heterocycles. The smallest absolute Gasteiger partial charge is 0.144 e. The van der Waals surface area contributed by atoms with Gasteiger partial charge in [0.05, 0.1) is 26.0 Å². The molecule has 0 bridgehead atoms. The van der Waals surface area contributed by atoms with Crippen LogP contribution in [0.15, 0.2) is 22.7 Å². The van der Waals surface area contributed by atoms with Crippen LogP contribution in [0, 0.1) is 5.92 Å². The van der Waals surface area contributed by atoms with Crippen molar-refractivity contribution in [2.75, 3.05) is 46.5 Å². The Morgan fingerprint density at radius 2 is 1.94 bits per heavy atom. The minimum atomic E-state index is 0. The normalized spacial score (nSPS) is 24.2. The number of fused-ring (bicyclic) bond motifs is 1. The molecule has 2 aliphatic heterocycles. The number of hydrogen-bond acceptors (Lipinski definition) is 6. The lowest BCUT2D eigenvalue weighted by atomic mass is 9.84. The van der Waals surface area contributed by atoms with Crippen molar-refractivity contribution in [3.8, 4) is 5.75 Å². The lowest BCUT2D eigenvalue weighted by Gasteiger charge is -2.32. The van der Waals surface area contributed by atoms with Crippen LogP contribution in [-0.2, 0) is 30.7 Å². The van der Waals surface area contributed by atoms with Gasteiger partial charge in [0.15, 0.2) is 0 Å². The van der Waals surface area contributed by atoms with Crippen molar-refractivity contribution in [3.05, 3.63) is 46.3 Å². The van der Waals surface area contributed by atoms with Gasteiger partial charge >= 0.3 is 0 Å². The van der Waals surface area contributed by atoms with E-state index in [2.05, 4.69) is 40.1 Å². The summed E-state index contributed by atoms with van der Waals surface area (Å²) in [5.74, 6) is 3.37. The van der Waals surface area contributed by atoms with Gasteiger partial charge in [-0.1, -0.05) is 18.1 Å². The zero-order valence-electron chi connectivity index (χ0n) is 20.1. The van der Waals surface area contributed by atoms with Gasteiger partial charge in [-0.2, -0.15) is 0 Å². The molecular formula is C26H38ClN3O3. The van der Waals surface area contributed by atoms with E-state index in [0.717, 1.165) is 77.0 Å². The molecule has 2 fully saturated rings. The van der Waals surface area contributed by atoms with Gasteiger partial charge in [0.25, 0.3) is 0 Å². The second kappa shape index (κ2) is 11.2. The maximum absolute atomic E-state index is 5.93. The van der Waals surface area contributed by atoms with E-state index in [0.29, 0.717) is 5.92 Å². The quantitative estimate of drug-likeness (QED) is 0.615. The molecule has 0 saturated carbocycles. The fraction of sp³-hybridized carbons (Fsp3) is 0.654. The van der Waals surface area contributed by atoms with Crippen molar-refractivity contribution in [2.24, 2.45) is 5.92 Å². The van der Waals surface area contributed by atoms with E-state index in [1.807, 2.05) is 0 Å². The van der Waals surface area contributed by atoms with Gasteiger partial charge < -0.3 is 14.0 Å². The van der Waals surface area contributed by atoms with Crippen LogP contribution in [0.2, 0.25) is 0 Å². The van der Waals surface area contributed by atoms with E-state index in [9.17, 15) is 0 Å². The largest absolute Gasteiger partial charge is 0.496 e. The number of halogens is 1. The Morgan fingerprint density at radius 1 is 1.09 bits per heavy atom. The molecule has 33 heavy (non-hydrogen) atoms. The average Bonchev–Trinajstić information content (AvgIpc) is 3.23. The predicted octanol–water partition coefficient (Wildman–Crippen LogP) is 4.44. The molecule has 0 spiro atoms. The molecule has 5 rings (SSSR count). The van der Waals surface area contributed by atoms with E-state index in [-0.39, 0.29) is 12.4 Å². The highest BCUT2D eigenvalue weighted by atomic mass is 35.5. The number of aromatic nitrogens is 1. The van der Waals surface area contributed by atoms with Crippen molar-refractivity contribution < 1.29 is 14.0 Å². The number of rotatable bonds is 6. The molecule has 1 aromatic carbocycles. The van der Waals surface area contributed by atoms with E-state index in [1.165, 1.54) is 47.4 Å². The molecule has 0 amide bonds. The SMILES string of the molecule is COc1ccc(CN2CCCC(c3onc4c3CC(C)CC4)C2)cc1CN1CCOCC1.Cl. The number of hydrogen-bond donors (Lipinski definition) is 0. The maximum atomic E-state index is 5.93. The van der Waals surface area contributed by atoms with Gasteiger partial charge in [0.1, 0.15) is 11.5 Å². The minimum Gasteiger partial charge on any atom is -0.496 e. The van der Waals surface area contributed by atoms with Crippen molar-refractivity contribution in [2.45, 2.75) is 58.0 Å². The maximum Gasteiger partial charge on any atom is 0.144 e. The van der Waals surface area contributed by atoms with Crippen LogP contribution >= 0.6 is 12.4 Å². The number of benzene rings is 1. The van der Waals surface area contributed by atoms with Crippen LogP contribution in [0.25, 0.3) is 0 Å². The summed E-state index contributed by atoms with van der Waals surface area (Å²) in [6, 6.07) is 6.71. The number of morpholine rings is 1. The number of likely N-dealkylation sites (tertiary alicyclic amines) is 1. The summed E-state index contributed by atoms with van der Waals surface area (Å²) in [5, 5.41) is 4.44. The Balaban J connectivity index is 0.00000259. The van der Waals surface area contributed by atoms with E-state index in [4.69, 9.17) is 14.0 Å². The molecule has 2 atom stereocenters. The van der Waals surface area contributed by atoms with Gasteiger partial charge in [-0.3, -0.25) is 9.80 Å². The summed E-state index contributed by atoms with van der Waals surface area (Å²) in [4.78, 5) is 5.05. The van der Waals surface area contributed by atoms with Crippen LogP contribution in [0.3, 0.4) is 0 Å². The van der Waals surface area contributed by atoms with Crippen molar-refractivity contribution in [3.63, 3.8) is 0 Å². The minimum absolute atomic E-state index is 0. The first-order valence-corrected chi connectivity index (χ1v) is 12.3. The van der Waals surface area contributed by atoms with Crippen molar-refractivity contribution in [1.29, 1.82) is 0 Å². The van der Waals surface area contributed by atoms with Gasteiger partial charge in [-0.25, -0.2) is 0 Å². The fourth-order valence-electron chi connectivity index (χ4n) is 5.65. The first-order chi connectivity index (χ1) is 15.7. The zero-order chi connectivity index (χ0) is 21.9. The Hall–Kier alpha value is -1.60. The van der Waals surface area contributed by atoms with Crippen LogP contribution in [-0.4, -0.2) is 61.5 Å². The molecule has 1 aliphatic carbocycles. The number of methoxy groups -OCH3 is 1. The van der Waals surface area contributed by atoms with E-state index >= 15 is 0 Å². The third-order valence-electron chi connectivity index (χ3n) is 7.45. The molecule has 3 aliphatic rings. The summed E-state index contributed by atoms with van der Waals surface area (Å²) in [7, 11) is 1.77. The highest BCUT2D eigenvalue weighted by Gasteiger charge is 2.31. The highest BCUT2D eigenvalue weighted by Crippen LogP contribution is 2.36. The molecule has 2 unspecified atom stereocenters.